The Balaban J connectivity index is 1.59. The zero-order chi connectivity index (χ0) is 16.9. The van der Waals surface area contributed by atoms with Crippen LogP contribution in [0.3, 0.4) is 0 Å². The maximum atomic E-state index is 12.1. The van der Waals surface area contributed by atoms with E-state index in [4.69, 9.17) is 9.47 Å². The fourth-order valence-electron chi connectivity index (χ4n) is 2.04. The van der Waals surface area contributed by atoms with Gasteiger partial charge in [0.05, 0.1) is 11.5 Å². The predicted molar refractivity (Wildman–Crippen MR) is 97.8 cm³/mol. The summed E-state index contributed by atoms with van der Waals surface area (Å²) in [6.45, 7) is 2.06. The molecule has 1 aliphatic rings. The molecule has 0 aliphatic carbocycles. The summed E-state index contributed by atoms with van der Waals surface area (Å²) < 4.78 is 11.4. The predicted octanol–water partition coefficient (Wildman–Crippen LogP) is 3.81. The van der Waals surface area contributed by atoms with Gasteiger partial charge >= 0.3 is 0 Å². The minimum absolute atomic E-state index is 0.156. The molecule has 0 spiro atoms. The zero-order valence-corrected chi connectivity index (χ0v) is 15.3. The third-order valence-electron chi connectivity index (χ3n) is 3.30. The van der Waals surface area contributed by atoms with Crippen LogP contribution in [0, 0.1) is 0 Å². The number of hydrogen-bond acceptors (Lipinski definition) is 5. The van der Waals surface area contributed by atoms with Crippen LogP contribution >= 0.6 is 27.7 Å². The average molecular weight is 407 g/mol. The van der Waals surface area contributed by atoms with Gasteiger partial charge in [-0.2, -0.15) is 5.10 Å². The molecule has 1 amide bonds. The number of hydrazone groups is 1. The summed E-state index contributed by atoms with van der Waals surface area (Å²) in [5, 5.41) is 3.78. The highest BCUT2D eigenvalue weighted by Gasteiger charge is 2.16. The van der Waals surface area contributed by atoms with Crippen LogP contribution in [0.25, 0.3) is 0 Å². The highest BCUT2D eigenvalue weighted by molar-refractivity contribution is 9.10. The molecule has 5 nitrogen and oxygen atoms in total. The normalized spacial score (nSPS) is 13.9. The molecule has 1 atom stereocenters. The Morgan fingerprint density at radius 3 is 2.75 bits per heavy atom. The summed E-state index contributed by atoms with van der Waals surface area (Å²) in [6.07, 6.45) is 1.57. The van der Waals surface area contributed by atoms with Crippen LogP contribution < -0.4 is 14.9 Å². The molecule has 124 valence electrons. The molecule has 1 aliphatic heterocycles. The molecule has 7 heteroatoms. The van der Waals surface area contributed by atoms with Crippen LogP contribution in [0.15, 0.2) is 56.9 Å². The van der Waals surface area contributed by atoms with Gasteiger partial charge in [0.15, 0.2) is 11.5 Å². The van der Waals surface area contributed by atoms with E-state index in [-0.39, 0.29) is 18.0 Å². The van der Waals surface area contributed by atoms with Gasteiger partial charge < -0.3 is 9.47 Å². The number of thioether (sulfide) groups is 1. The van der Waals surface area contributed by atoms with Crippen LogP contribution in [-0.4, -0.2) is 24.2 Å². The van der Waals surface area contributed by atoms with Crippen LogP contribution in [0.1, 0.15) is 12.5 Å². The Morgan fingerprint density at radius 1 is 1.29 bits per heavy atom. The Hall–Kier alpha value is -1.99. The summed E-state index contributed by atoms with van der Waals surface area (Å²) >= 11 is 4.93. The van der Waals surface area contributed by atoms with Crippen molar-refractivity contribution in [3.8, 4) is 11.5 Å². The van der Waals surface area contributed by atoms with Crippen molar-refractivity contribution >= 4 is 39.8 Å². The van der Waals surface area contributed by atoms with Crippen molar-refractivity contribution in [3.05, 3.63) is 52.5 Å². The van der Waals surface area contributed by atoms with Gasteiger partial charge in [-0.25, -0.2) is 5.43 Å². The SMILES string of the molecule is C[C@@H](Sc1ccccc1)C(=O)NN=Cc1cc2c(cc1Br)OCO2. The van der Waals surface area contributed by atoms with Gasteiger partial charge in [0.25, 0.3) is 5.91 Å². The van der Waals surface area contributed by atoms with Gasteiger partial charge in [-0.1, -0.05) is 18.2 Å². The lowest BCUT2D eigenvalue weighted by Crippen LogP contribution is -2.26. The van der Waals surface area contributed by atoms with Crippen molar-refractivity contribution in [2.45, 2.75) is 17.1 Å². The van der Waals surface area contributed by atoms with Gasteiger partial charge in [-0.3, -0.25) is 4.79 Å². The Kier molecular flexibility index (Phi) is 5.42. The second kappa shape index (κ2) is 7.72. The van der Waals surface area contributed by atoms with E-state index in [0.29, 0.717) is 11.5 Å². The second-order valence-electron chi connectivity index (χ2n) is 5.03. The lowest BCUT2D eigenvalue weighted by Gasteiger charge is -2.09. The Bertz CT molecular complexity index is 768. The van der Waals surface area contributed by atoms with E-state index in [9.17, 15) is 4.79 Å². The summed E-state index contributed by atoms with van der Waals surface area (Å²) in [7, 11) is 0. The molecule has 2 aromatic rings. The Labute approximate surface area is 152 Å². The molecule has 1 heterocycles. The molecule has 24 heavy (non-hydrogen) atoms. The number of rotatable bonds is 5. The van der Waals surface area contributed by atoms with Crippen molar-refractivity contribution < 1.29 is 14.3 Å². The van der Waals surface area contributed by atoms with E-state index >= 15 is 0 Å². The van der Waals surface area contributed by atoms with Crippen molar-refractivity contribution in [1.82, 2.24) is 5.43 Å². The first-order valence-corrected chi connectivity index (χ1v) is 8.94. The number of benzene rings is 2. The quantitative estimate of drug-likeness (QED) is 0.465. The monoisotopic (exact) mass is 406 g/mol. The average Bonchev–Trinajstić information content (AvgIpc) is 3.02. The number of nitrogens with zero attached hydrogens (tertiary/aromatic N) is 1. The molecule has 0 saturated heterocycles. The molecule has 0 radical (unpaired) electrons. The topological polar surface area (TPSA) is 59.9 Å². The van der Waals surface area contributed by atoms with E-state index in [0.717, 1.165) is 14.9 Å². The van der Waals surface area contributed by atoms with Crippen LogP contribution in [0.2, 0.25) is 0 Å². The van der Waals surface area contributed by atoms with Crippen molar-refractivity contribution in [2.24, 2.45) is 5.10 Å². The molecular formula is C17H15BrN2O3S. The van der Waals surface area contributed by atoms with Crippen molar-refractivity contribution in [3.63, 3.8) is 0 Å². The molecule has 3 rings (SSSR count). The number of fused-ring (bicyclic) bond motifs is 1. The fraction of sp³-hybridized carbons (Fsp3) is 0.176. The molecule has 0 bridgehead atoms. The smallest absolute Gasteiger partial charge is 0.253 e. The lowest BCUT2D eigenvalue weighted by molar-refractivity contribution is -0.120. The van der Waals surface area contributed by atoms with Crippen LogP contribution in [0.5, 0.6) is 11.5 Å². The number of carbonyl (C=O) groups is 1. The summed E-state index contributed by atoms with van der Waals surface area (Å²) in [4.78, 5) is 13.2. The minimum Gasteiger partial charge on any atom is -0.454 e. The molecule has 0 saturated carbocycles. The first-order valence-electron chi connectivity index (χ1n) is 7.27. The standard InChI is InChI=1S/C17H15BrN2O3S/c1-11(24-13-5-3-2-4-6-13)17(21)20-19-9-12-7-15-16(8-14(12)18)23-10-22-15/h2-9,11H,10H2,1H3,(H,20,21)/t11-/m1/s1. The minimum atomic E-state index is -0.246. The second-order valence-corrected chi connectivity index (χ2v) is 7.30. The third-order valence-corrected chi connectivity index (χ3v) is 5.09. The first-order chi connectivity index (χ1) is 11.6. The number of ether oxygens (including phenoxy) is 2. The van der Waals surface area contributed by atoms with Gasteiger partial charge in [-0.05, 0) is 47.1 Å². The third kappa shape index (κ3) is 4.10. The van der Waals surface area contributed by atoms with E-state index in [1.165, 1.54) is 11.8 Å². The van der Waals surface area contributed by atoms with Crippen molar-refractivity contribution in [1.29, 1.82) is 0 Å². The highest BCUT2D eigenvalue weighted by Crippen LogP contribution is 2.36. The number of carbonyl (C=O) groups excluding carboxylic acids is 1. The van der Waals surface area contributed by atoms with E-state index in [1.807, 2.05) is 49.4 Å². The fourth-order valence-corrected chi connectivity index (χ4v) is 3.35. The maximum absolute atomic E-state index is 12.1. The van der Waals surface area contributed by atoms with E-state index < -0.39 is 0 Å². The molecule has 0 fully saturated rings. The number of halogens is 1. The first kappa shape index (κ1) is 16.9. The van der Waals surface area contributed by atoms with E-state index in [1.54, 1.807) is 6.21 Å². The number of amides is 1. The number of hydrogen-bond donors (Lipinski definition) is 1. The molecule has 1 N–H and O–H groups in total. The summed E-state index contributed by atoms with van der Waals surface area (Å²) in [5.74, 6) is 1.20. The zero-order valence-electron chi connectivity index (χ0n) is 12.9. The van der Waals surface area contributed by atoms with Crippen molar-refractivity contribution in [2.75, 3.05) is 6.79 Å². The van der Waals surface area contributed by atoms with Crippen LogP contribution in [-0.2, 0) is 4.79 Å². The van der Waals surface area contributed by atoms with Gasteiger partial charge in [-0.15, -0.1) is 11.8 Å². The van der Waals surface area contributed by atoms with Gasteiger partial charge in [0.1, 0.15) is 0 Å². The van der Waals surface area contributed by atoms with Crippen LogP contribution in [0.4, 0.5) is 0 Å². The van der Waals surface area contributed by atoms with E-state index in [2.05, 4.69) is 26.5 Å². The Morgan fingerprint density at radius 2 is 2.00 bits per heavy atom. The molecule has 0 unspecified atom stereocenters. The van der Waals surface area contributed by atoms with Gasteiger partial charge in [0, 0.05) is 14.9 Å². The lowest BCUT2D eigenvalue weighted by atomic mass is 10.2. The molecule has 0 aromatic heterocycles. The summed E-state index contributed by atoms with van der Waals surface area (Å²) in [6, 6.07) is 13.4. The van der Waals surface area contributed by atoms with Gasteiger partial charge in [0.2, 0.25) is 6.79 Å². The molecule has 2 aromatic carbocycles. The highest BCUT2D eigenvalue weighted by atomic mass is 79.9. The largest absolute Gasteiger partial charge is 0.454 e. The maximum Gasteiger partial charge on any atom is 0.253 e. The summed E-state index contributed by atoms with van der Waals surface area (Å²) in [5.41, 5.74) is 3.36. The molecular weight excluding hydrogens is 392 g/mol. The number of nitrogens with one attached hydrogen (secondary N) is 1.